The van der Waals surface area contributed by atoms with Crippen LogP contribution in [0.15, 0.2) is 42.6 Å². The Balaban J connectivity index is 1.95. The first kappa shape index (κ1) is 15.8. The molecule has 0 aliphatic heterocycles. The van der Waals surface area contributed by atoms with Crippen LogP contribution in [-0.4, -0.2) is 17.6 Å². The molecule has 0 bridgehead atoms. The van der Waals surface area contributed by atoms with Gasteiger partial charge in [0, 0.05) is 13.0 Å². The van der Waals surface area contributed by atoms with Crippen LogP contribution in [0.25, 0.3) is 0 Å². The number of carbonyl (C=O) groups excluding carboxylic acids is 1. The van der Waals surface area contributed by atoms with E-state index in [1.807, 2.05) is 55.8 Å². The molecule has 1 heterocycles. The van der Waals surface area contributed by atoms with E-state index in [2.05, 4.69) is 5.32 Å². The summed E-state index contributed by atoms with van der Waals surface area (Å²) in [4.78, 5) is 12.0. The van der Waals surface area contributed by atoms with Gasteiger partial charge in [-0.1, -0.05) is 30.3 Å². The average Bonchev–Trinajstić information content (AvgIpc) is 2.52. The van der Waals surface area contributed by atoms with Crippen molar-refractivity contribution in [3.63, 3.8) is 0 Å². The van der Waals surface area contributed by atoms with Gasteiger partial charge in [-0.3, -0.25) is 4.79 Å². The van der Waals surface area contributed by atoms with Crippen LogP contribution in [0, 0.1) is 6.92 Å². The SMILES string of the molecule is Cc1c(OCC(=O)NC(C)c2ccccc2)c(O)cc[n+]1C. The van der Waals surface area contributed by atoms with Crippen LogP contribution in [0.1, 0.15) is 24.2 Å². The number of benzene rings is 1. The number of ether oxygens (including phenoxy) is 1. The van der Waals surface area contributed by atoms with Gasteiger partial charge in [0.05, 0.1) is 6.04 Å². The molecule has 2 rings (SSSR count). The molecule has 0 aliphatic rings. The van der Waals surface area contributed by atoms with E-state index in [0.717, 1.165) is 11.3 Å². The quantitative estimate of drug-likeness (QED) is 0.828. The van der Waals surface area contributed by atoms with Gasteiger partial charge in [0.2, 0.25) is 11.4 Å². The Hall–Kier alpha value is -2.56. The van der Waals surface area contributed by atoms with E-state index in [9.17, 15) is 9.90 Å². The molecular formula is C17H21N2O3+. The van der Waals surface area contributed by atoms with Crippen LogP contribution < -0.4 is 14.6 Å². The highest BCUT2D eigenvalue weighted by atomic mass is 16.5. The summed E-state index contributed by atoms with van der Waals surface area (Å²) >= 11 is 0. The lowest BCUT2D eigenvalue weighted by molar-refractivity contribution is -0.678. The zero-order chi connectivity index (χ0) is 16.1. The molecule has 0 spiro atoms. The van der Waals surface area contributed by atoms with Gasteiger partial charge < -0.3 is 15.2 Å². The maximum atomic E-state index is 12.0. The van der Waals surface area contributed by atoms with Crippen molar-refractivity contribution < 1.29 is 19.2 Å². The first-order chi connectivity index (χ1) is 10.5. The fourth-order valence-corrected chi connectivity index (χ4v) is 2.14. The van der Waals surface area contributed by atoms with Crippen molar-refractivity contribution in [3.8, 4) is 11.5 Å². The van der Waals surface area contributed by atoms with Gasteiger partial charge in [0.15, 0.2) is 18.6 Å². The molecule has 116 valence electrons. The van der Waals surface area contributed by atoms with E-state index < -0.39 is 0 Å². The molecule has 0 saturated carbocycles. The van der Waals surface area contributed by atoms with Crippen LogP contribution in [0.5, 0.6) is 11.5 Å². The minimum absolute atomic E-state index is 0.0273. The first-order valence-electron chi connectivity index (χ1n) is 7.14. The van der Waals surface area contributed by atoms with Crippen LogP contribution >= 0.6 is 0 Å². The fraction of sp³-hybridized carbons (Fsp3) is 0.294. The normalized spacial score (nSPS) is 11.8. The Morgan fingerprint density at radius 1 is 1.32 bits per heavy atom. The number of nitrogens with one attached hydrogen (secondary N) is 1. The van der Waals surface area contributed by atoms with Gasteiger partial charge in [-0.15, -0.1) is 0 Å². The third-order valence-electron chi connectivity index (χ3n) is 3.57. The molecule has 1 amide bonds. The summed E-state index contributed by atoms with van der Waals surface area (Å²) < 4.78 is 7.28. The Morgan fingerprint density at radius 2 is 2.00 bits per heavy atom. The van der Waals surface area contributed by atoms with Gasteiger partial charge in [0.1, 0.15) is 7.05 Å². The Morgan fingerprint density at radius 3 is 2.68 bits per heavy atom. The molecule has 1 aromatic heterocycles. The maximum Gasteiger partial charge on any atom is 0.258 e. The molecule has 1 aromatic carbocycles. The monoisotopic (exact) mass is 301 g/mol. The summed E-state index contributed by atoms with van der Waals surface area (Å²) in [5, 5.41) is 12.7. The molecule has 1 atom stereocenters. The molecule has 2 aromatic rings. The summed E-state index contributed by atoms with van der Waals surface area (Å²) in [6.07, 6.45) is 1.73. The minimum atomic E-state index is -0.235. The van der Waals surface area contributed by atoms with Crippen LogP contribution in [-0.2, 0) is 11.8 Å². The molecule has 5 heteroatoms. The zero-order valence-corrected chi connectivity index (χ0v) is 13.0. The third kappa shape index (κ3) is 3.75. The number of aromatic hydroxyl groups is 1. The molecule has 2 N–H and O–H groups in total. The smallest absolute Gasteiger partial charge is 0.258 e. The molecule has 0 radical (unpaired) electrons. The van der Waals surface area contributed by atoms with Gasteiger partial charge in [-0.05, 0) is 12.5 Å². The number of aromatic nitrogens is 1. The number of pyridine rings is 1. The number of aryl methyl sites for hydroxylation is 1. The second kappa shape index (κ2) is 6.93. The zero-order valence-electron chi connectivity index (χ0n) is 13.0. The molecular weight excluding hydrogens is 280 g/mol. The van der Waals surface area contributed by atoms with E-state index in [-0.39, 0.29) is 24.3 Å². The van der Waals surface area contributed by atoms with E-state index in [0.29, 0.717) is 5.75 Å². The standard InChI is InChI=1S/C17H20N2O3/c1-12(14-7-5-4-6-8-14)18-16(21)11-22-17-13(2)19(3)10-9-15(17)20/h4-10,12H,11H2,1-3H3,(H,18,21)/p+1. The summed E-state index contributed by atoms with van der Waals surface area (Å²) in [5.41, 5.74) is 1.78. The number of hydrogen-bond donors (Lipinski definition) is 2. The Kier molecular flexibility index (Phi) is 4.99. The van der Waals surface area contributed by atoms with E-state index in [1.54, 1.807) is 6.20 Å². The van der Waals surface area contributed by atoms with Gasteiger partial charge >= 0.3 is 0 Å². The van der Waals surface area contributed by atoms with Gasteiger partial charge in [0.25, 0.3) is 5.91 Å². The lowest BCUT2D eigenvalue weighted by atomic mass is 10.1. The number of nitrogens with zero attached hydrogens (tertiary/aromatic N) is 1. The van der Waals surface area contributed by atoms with Crippen molar-refractivity contribution in [2.45, 2.75) is 19.9 Å². The lowest BCUT2D eigenvalue weighted by Gasteiger charge is -2.15. The van der Waals surface area contributed by atoms with Gasteiger partial charge in [-0.25, -0.2) is 4.57 Å². The van der Waals surface area contributed by atoms with Crippen molar-refractivity contribution in [3.05, 3.63) is 53.9 Å². The number of hydrogen-bond acceptors (Lipinski definition) is 3. The predicted octanol–water partition coefficient (Wildman–Crippen LogP) is 1.78. The molecule has 0 fully saturated rings. The lowest BCUT2D eigenvalue weighted by Crippen LogP contribution is -2.34. The average molecular weight is 301 g/mol. The topological polar surface area (TPSA) is 62.4 Å². The second-order valence-corrected chi connectivity index (χ2v) is 5.21. The molecule has 1 unspecified atom stereocenters. The number of carbonyl (C=O) groups is 1. The Labute approximate surface area is 130 Å². The maximum absolute atomic E-state index is 12.0. The third-order valence-corrected chi connectivity index (χ3v) is 3.57. The summed E-state index contributed by atoms with van der Waals surface area (Å²) in [6.45, 7) is 3.59. The van der Waals surface area contributed by atoms with E-state index in [4.69, 9.17) is 4.74 Å². The van der Waals surface area contributed by atoms with Crippen molar-refractivity contribution in [1.82, 2.24) is 5.32 Å². The van der Waals surface area contributed by atoms with Crippen molar-refractivity contribution in [1.29, 1.82) is 0 Å². The highest BCUT2D eigenvalue weighted by Gasteiger charge is 2.17. The van der Waals surface area contributed by atoms with Crippen LogP contribution in [0.3, 0.4) is 0 Å². The van der Waals surface area contributed by atoms with Crippen molar-refractivity contribution >= 4 is 5.91 Å². The molecule has 22 heavy (non-hydrogen) atoms. The van der Waals surface area contributed by atoms with Crippen LogP contribution in [0.2, 0.25) is 0 Å². The van der Waals surface area contributed by atoms with Crippen LogP contribution in [0.4, 0.5) is 0 Å². The first-order valence-corrected chi connectivity index (χ1v) is 7.14. The van der Waals surface area contributed by atoms with E-state index in [1.165, 1.54) is 6.07 Å². The molecule has 5 nitrogen and oxygen atoms in total. The van der Waals surface area contributed by atoms with E-state index >= 15 is 0 Å². The Bertz CT molecular complexity index is 656. The van der Waals surface area contributed by atoms with Crippen molar-refractivity contribution in [2.24, 2.45) is 7.05 Å². The number of rotatable bonds is 5. The van der Waals surface area contributed by atoms with Crippen molar-refractivity contribution in [2.75, 3.05) is 6.61 Å². The fourth-order valence-electron chi connectivity index (χ4n) is 2.14. The second-order valence-electron chi connectivity index (χ2n) is 5.21. The van der Waals surface area contributed by atoms with Gasteiger partial charge in [-0.2, -0.15) is 0 Å². The summed E-state index contributed by atoms with van der Waals surface area (Å²) in [7, 11) is 1.85. The minimum Gasteiger partial charge on any atom is -0.504 e. The summed E-state index contributed by atoms with van der Waals surface area (Å²) in [6, 6.07) is 11.1. The largest absolute Gasteiger partial charge is 0.504 e. The highest BCUT2D eigenvalue weighted by molar-refractivity contribution is 5.78. The predicted molar refractivity (Wildman–Crippen MR) is 82.5 cm³/mol. The molecule has 0 aliphatic carbocycles. The highest BCUT2D eigenvalue weighted by Crippen LogP contribution is 2.26. The molecule has 0 saturated heterocycles. The summed E-state index contributed by atoms with van der Waals surface area (Å²) in [5.74, 6) is 0.119. The number of amides is 1.